The van der Waals surface area contributed by atoms with Gasteiger partial charge in [-0.3, -0.25) is 9.59 Å². The van der Waals surface area contributed by atoms with Crippen LogP contribution in [-0.4, -0.2) is 28.5 Å². The van der Waals surface area contributed by atoms with Crippen molar-refractivity contribution in [1.29, 1.82) is 0 Å². The Bertz CT molecular complexity index is 457. The van der Waals surface area contributed by atoms with Crippen LogP contribution < -0.4 is 11.1 Å². The van der Waals surface area contributed by atoms with Crippen molar-refractivity contribution < 1.29 is 14.7 Å². The number of rotatable bonds is 7. The fourth-order valence-electron chi connectivity index (χ4n) is 2.02. The molecule has 0 spiro atoms. The predicted molar refractivity (Wildman–Crippen MR) is 76.2 cm³/mol. The second kappa shape index (κ2) is 7.47. The van der Waals surface area contributed by atoms with Crippen LogP contribution in [-0.2, 0) is 4.79 Å². The quantitative estimate of drug-likeness (QED) is 0.702. The van der Waals surface area contributed by atoms with Gasteiger partial charge in [0.15, 0.2) is 0 Å². The first-order chi connectivity index (χ1) is 9.38. The molecule has 0 aliphatic carbocycles. The van der Waals surface area contributed by atoms with Crippen LogP contribution in [0.25, 0.3) is 0 Å². The van der Waals surface area contributed by atoms with Gasteiger partial charge < -0.3 is 16.2 Å². The lowest BCUT2D eigenvalue weighted by molar-refractivity contribution is -0.138. The minimum atomic E-state index is -0.851. The van der Waals surface area contributed by atoms with Crippen molar-refractivity contribution in [3.63, 3.8) is 0 Å². The molecule has 0 saturated heterocycles. The molecule has 0 bridgehead atoms. The number of nitrogen functional groups attached to an aromatic ring is 1. The summed E-state index contributed by atoms with van der Waals surface area (Å²) in [7, 11) is 0. The Morgan fingerprint density at radius 2 is 2.10 bits per heavy atom. The van der Waals surface area contributed by atoms with Crippen LogP contribution in [0.3, 0.4) is 0 Å². The molecule has 6 nitrogen and oxygen atoms in total. The molecule has 0 aliphatic heterocycles. The molecule has 1 atom stereocenters. The highest BCUT2D eigenvalue weighted by Crippen LogP contribution is 2.15. The number of carboxylic acid groups (broad SMARTS) is 1. The van der Waals surface area contributed by atoms with E-state index in [1.165, 1.54) is 6.20 Å². The summed E-state index contributed by atoms with van der Waals surface area (Å²) in [6.45, 7) is 4.38. The van der Waals surface area contributed by atoms with Crippen LogP contribution in [0.2, 0.25) is 0 Å². The summed E-state index contributed by atoms with van der Waals surface area (Å²) in [5.74, 6) is -0.865. The van der Waals surface area contributed by atoms with E-state index in [0.717, 1.165) is 6.42 Å². The Labute approximate surface area is 118 Å². The summed E-state index contributed by atoms with van der Waals surface area (Å²) in [5.41, 5.74) is 6.27. The molecule has 4 N–H and O–H groups in total. The standard InChI is InChI=1S/C14H21N3O3/c1-9(2)5-10(6-13(18)19)7-17-14(20)12-4-3-11(15)8-16-12/h3-4,8-10H,5-7,15H2,1-2H3,(H,17,20)(H,18,19)/t10-/m0/s1. The molecule has 1 amide bonds. The fourth-order valence-corrected chi connectivity index (χ4v) is 2.02. The minimum absolute atomic E-state index is 0.0492. The predicted octanol–water partition coefficient (Wildman–Crippen LogP) is 1.53. The van der Waals surface area contributed by atoms with Gasteiger partial charge in [-0.1, -0.05) is 13.8 Å². The number of nitrogens with zero attached hydrogens (tertiary/aromatic N) is 1. The number of aromatic nitrogens is 1. The molecule has 1 heterocycles. The Kier molecular flexibility index (Phi) is 5.96. The normalized spacial score (nSPS) is 12.2. The summed E-state index contributed by atoms with van der Waals surface area (Å²) in [5, 5.41) is 11.6. The molecular weight excluding hydrogens is 258 g/mol. The highest BCUT2D eigenvalue weighted by atomic mass is 16.4. The molecule has 1 rings (SSSR count). The first-order valence-electron chi connectivity index (χ1n) is 6.60. The Morgan fingerprint density at radius 1 is 1.40 bits per heavy atom. The number of carbonyl (C=O) groups excluding carboxylic acids is 1. The summed E-state index contributed by atoms with van der Waals surface area (Å²) in [4.78, 5) is 26.6. The molecule has 20 heavy (non-hydrogen) atoms. The second-order valence-electron chi connectivity index (χ2n) is 5.28. The summed E-state index contributed by atoms with van der Waals surface area (Å²) >= 11 is 0. The highest BCUT2D eigenvalue weighted by molar-refractivity contribution is 5.92. The van der Waals surface area contributed by atoms with E-state index in [9.17, 15) is 9.59 Å². The van der Waals surface area contributed by atoms with Crippen molar-refractivity contribution in [2.45, 2.75) is 26.7 Å². The van der Waals surface area contributed by atoms with Crippen molar-refractivity contribution in [1.82, 2.24) is 10.3 Å². The van der Waals surface area contributed by atoms with Gasteiger partial charge in [0.1, 0.15) is 5.69 Å². The van der Waals surface area contributed by atoms with Gasteiger partial charge in [0, 0.05) is 13.0 Å². The lowest BCUT2D eigenvalue weighted by Gasteiger charge is -2.17. The van der Waals surface area contributed by atoms with Crippen LogP contribution in [0.15, 0.2) is 18.3 Å². The number of anilines is 1. The summed E-state index contributed by atoms with van der Waals surface area (Å²) < 4.78 is 0. The monoisotopic (exact) mass is 279 g/mol. The zero-order chi connectivity index (χ0) is 15.1. The van der Waals surface area contributed by atoms with E-state index >= 15 is 0 Å². The number of carboxylic acids is 1. The lowest BCUT2D eigenvalue weighted by atomic mass is 9.94. The molecule has 0 unspecified atom stereocenters. The van der Waals surface area contributed by atoms with Gasteiger partial charge in [-0.15, -0.1) is 0 Å². The van der Waals surface area contributed by atoms with Crippen molar-refractivity contribution in [2.75, 3.05) is 12.3 Å². The number of hydrogen-bond donors (Lipinski definition) is 3. The van der Waals surface area contributed by atoms with Gasteiger partial charge in [0.05, 0.1) is 11.9 Å². The molecule has 6 heteroatoms. The third kappa shape index (κ3) is 5.69. The van der Waals surface area contributed by atoms with Crippen molar-refractivity contribution in [2.24, 2.45) is 11.8 Å². The zero-order valence-electron chi connectivity index (χ0n) is 11.8. The average molecular weight is 279 g/mol. The third-order valence-electron chi connectivity index (χ3n) is 2.84. The molecule has 0 fully saturated rings. The second-order valence-corrected chi connectivity index (χ2v) is 5.28. The topological polar surface area (TPSA) is 105 Å². The van der Waals surface area contributed by atoms with Gasteiger partial charge in [-0.25, -0.2) is 4.98 Å². The first-order valence-corrected chi connectivity index (χ1v) is 6.60. The largest absolute Gasteiger partial charge is 0.481 e. The zero-order valence-corrected chi connectivity index (χ0v) is 11.8. The SMILES string of the molecule is CC(C)C[C@H](CNC(=O)c1ccc(N)cn1)CC(=O)O. The molecule has 1 aromatic heterocycles. The van der Waals surface area contributed by atoms with E-state index in [-0.39, 0.29) is 23.9 Å². The number of aliphatic carboxylic acids is 1. The Hall–Kier alpha value is -2.11. The van der Waals surface area contributed by atoms with Crippen molar-refractivity contribution in [3.8, 4) is 0 Å². The Morgan fingerprint density at radius 3 is 2.60 bits per heavy atom. The van der Waals surface area contributed by atoms with Crippen LogP contribution in [0.1, 0.15) is 37.2 Å². The number of carbonyl (C=O) groups is 2. The molecule has 0 aliphatic rings. The lowest BCUT2D eigenvalue weighted by Crippen LogP contribution is -2.31. The van der Waals surface area contributed by atoms with E-state index in [4.69, 9.17) is 10.8 Å². The molecule has 0 saturated carbocycles. The number of nitrogens with one attached hydrogen (secondary N) is 1. The third-order valence-corrected chi connectivity index (χ3v) is 2.84. The minimum Gasteiger partial charge on any atom is -0.481 e. The van der Waals surface area contributed by atoms with Gasteiger partial charge >= 0.3 is 5.97 Å². The van der Waals surface area contributed by atoms with E-state index in [2.05, 4.69) is 10.3 Å². The van der Waals surface area contributed by atoms with Gasteiger partial charge in [-0.05, 0) is 30.4 Å². The maximum Gasteiger partial charge on any atom is 0.303 e. The van der Waals surface area contributed by atoms with Crippen LogP contribution >= 0.6 is 0 Å². The van der Waals surface area contributed by atoms with Crippen molar-refractivity contribution in [3.05, 3.63) is 24.0 Å². The van der Waals surface area contributed by atoms with E-state index < -0.39 is 5.97 Å². The molecule has 0 radical (unpaired) electrons. The summed E-state index contributed by atoms with van der Waals surface area (Å²) in [6.07, 6.45) is 2.22. The van der Waals surface area contributed by atoms with E-state index in [1.54, 1.807) is 12.1 Å². The van der Waals surface area contributed by atoms with Crippen molar-refractivity contribution >= 4 is 17.6 Å². The van der Waals surface area contributed by atoms with Crippen LogP contribution in [0.4, 0.5) is 5.69 Å². The smallest absolute Gasteiger partial charge is 0.303 e. The molecule has 110 valence electrons. The fraction of sp³-hybridized carbons (Fsp3) is 0.500. The number of nitrogens with two attached hydrogens (primary N) is 1. The van der Waals surface area contributed by atoms with Gasteiger partial charge in [-0.2, -0.15) is 0 Å². The summed E-state index contributed by atoms with van der Waals surface area (Å²) in [6, 6.07) is 3.14. The van der Waals surface area contributed by atoms with Crippen LogP contribution in [0, 0.1) is 11.8 Å². The number of amides is 1. The van der Waals surface area contributed by atoms with E-state index in [0.29, 0.717) is 18.2 Å². The Balaban J connectivity index is 2.55. The number of pyridine rings is 1. The average Bonchev–Trinajstić information content (AvgIpc) is 2.35. The number of hydrogen-bond acceptors (Lipinski definition) is 4. The van der Waals surface area contributed by atoms with E-state index in [1.807, 2.05) is 13.8 Å². The molecular formula is C14H21N3O3. The maximum absolute atomic E-state index is 11.9. The highest BCUT2D eigenvalue weighted by Gasteiger charge is 2.16. The van der Waals surface area contributed by atoms with Gasteiger partial charge in [0.25, 0.3) is 5.91 Å². The maximum atomic E-state index is 11.9. The first kappa shape index (κ1) is 15.9. The van der Waals surface area contributed by atoms with Crippen LogP contribution in [0.5, 0.6) is 0 Å². The molecule has 1 aromatic rings. The molecule has 0 aromatic carbocycles. The van der Waals surface area contributed by atoms with Gasteiger partial charge in [0.2, 0.25) is 0 Å².